The van der Waals surface area contributed by atoms with Crippen molar-refractivity contribution in [2.45, 2.75) is 88.0 Å². The number of halogens is 1. The molecule has 136 valence electrons. The highest BCUT2D eigenvalue weighted by Gasteiger charge is 2.44. The van der Waals surface area contributed by atoms with Gasteiger partial charge >= 0.3 is 0 Å². The molecule has 0 aromatic carbocycles. The van der Waals surface area contributed by atoms with Gasteiger partial charge in [-0.15, -0.1) is 0 Å². The first kappa shape index (κ1) is 20.0. The lowest BCUT2D eigenvalue weighted by atomic mass is 10.0. The van der Waals surface area contributed by atoms with Gasteiger partial charge in [-0.05, 0) is 35.4 Å². The van der Waals surface area contributed by atoms with E-state index in [-0.39, 0.29) is 0 Å². The van der Waals surface area contributed by atoms with Crippen LogP contribution in [0.15, 0.2) is 0 Å². The third-order valence-electron chi connectivity index (χ3n) is 6.18. The van der Waals surface area contributed by atoms with E-state index in [0.717, 1.165) is 4.05 Å². The molecular weight excluding hydrogens is 395 g/mol. The molecule has 3 heteroatoms. The van der Waals surface area contributed by atoms with Crippen molar-refractivity contribution in [1.82, 2.24) is 4.90 Å². The molecule has 0 radical (unpaired) electrons. The lowest BCUT2D eigenvalue weighted by Gasteiger charge is -2.54. The molecule has 2 nitrogen and oxygen atoms in total. The molecular formula is C20H40IN2+. The van der Waals surface area contributed by atoms with Gasteiger partial charge in [-0.3, -0.25) is 4.90 Å². The Bertz CT molecular complexity index is 300. The zero-order chi connectivity index (χ0) is 16.4. The lowest BCUT2D eigenvalue weighted by molar-refractivity contribution is -0.946. The second-order valence-corrected chi connectivity index (χ2v) is 9.45. The van der Waals surface area contributed by atoms with Gasteiger partial charge in [0.1, 0.15) is 0 Å². The quantitative estimate of drug-likeness (QED) is 0.120. The topological polar surface area (TPSA) is 3.24 Å². The molecule has 1 atom stereocenters. The Morgan fingerprint density at radius 2 is 1.26 bits per heavy atom. The second-order valence-electron chi connectivity index (χ2n) is 8.01. The third kappa shape index (κ3) is 6.81. The van der Waals surface area contributed by atoms with Gasteiger partial charge in [-0.25, -0.2) is 0 Å². The third-order valence-corrected chi connectivity index (χ3v) is 7.76. The molecule has 3 aliphatic rings. The molecule has 0 saturated carbocycles. The van der Waals surface area contributed by atoms with Crippen LogP contribution in [0.3, 0.4) is 0 Å². The Morgan fingerprint density at radius 1 is 0.783 bits per heavy atom. The van der Waals surface area contributed by atoms with Crippen molar-refractivity contribution in [1.29, 1.82) is 0 Å². The van der Waals surface area contributed by atoms with E-state index >= 15 is 0 Å². The normalized spacial score (nSPS) is 30.0. The van der Waals surface area contributed by atoms with Gasteiger partial charge in [0, 0.05) is 13.1 Å². The van der Waals surface area contributed by atoms with Crippen molar-refractivity contribution in [3.63, 3.8) is 0 Å². The van der Waals surface area contributed by atoms with Crippen LogP contribution in [-0.2, 0) is 0 Å². The number of hydrogen-bond acceptors (Lipinski definition) is 1. The van der Waals surface area contributed by atoms with E-state index in [4.69, 9.17) is 0 Å². The Hall–Kier alpha value is 0.650. The first-order valence-electron chi connectivity index (χ1n) is 10.5. The number of unbranched alkanes of at least 4 members (excludes halogenated alkanes) is 11. The Labute approximate surface area is 159 Å². The van der Waals surface area contributed by atoms with E-state index in [0.29, 0.717) is 0 Å². The highest BCUT2D eigenvalue weighted by atomic mass is 127. The molecule has 3 saturated heterocycles. The van der Waals surface area contributed by atoms with Crippen molar-refractivity contribution >= 4 is 22.6 Å². The van der Waals surface area contributed by atoms with E-state index in [9.17, 15) is 0 Å². The first-order valence-corrected chi connectivity index (χ1v) is 11.7. The number of nitrogens with zero attached hydrogens (tertiary/aromatic N) is 2. The monoisotopic (exact) mass is 435 g/mol. The highest BCUT2D eigenvalue weighted by Crippen LogP contribution is 2.30. The average molecular weight is 435 g/mol. The number of fused-ring (bicyclic) bond motifs is 3. The van der Waals surface area contributed by atoms with Crippen molar-refractivity contribution in [2.75, 3.05) is 39.3 Å². The number of hydrogen-bond donors (Lipinski definition) is 0. The maximum Gasteiger partial charge on any atom is 0.152 e. The molecule has 0 aromatic rings. The SMILES string of the molecule is CCCCCCCCCCCCCC[N+]12CCN(CC1)CC2I. The van der Waals surface area contributed by atoms with Crippen LogP contribution in [0.2, 0.25) is 0 Å². The van der Waals surface area contributed by atoms with Gasteiger partial charge in [0.15, 0.2) is 4.05 Å². The van der Waals surface area contributed by atoms with Crippen molar-refractivity contribution in [3.8, 4) is 0 Å². The number of quaternary nitrogens is 1. The maximum absolute atomic E-state index is 2.73. The minimum absolute atomic E-state index is 0.864. The van der Waals surface area contributed by atoms with Gasteiger partial charge < -0.3 is 4.48 Å². The van der Waals surface area contributed by atoms with Crippen molar-refractivity contribution < 1.29 is 4.48 Å². The summed E-state index contributed by atoms with van der Waals surface area (Å²) in [4.78, 5) is 2.67. The fourth-order valence-corrected chi connectivity index (χ4v) is 5.78. The number of rotatable bonds is 13. The minimum atomic E-state index is 0.864. The molecule has 0 aromatic heterocycles. The summed E-state index contributed by atoms with van der Waals surface area (Å²) in [7, 11) is 0. The predicted octanol–water partition coefficient (Wildman–Crippen LogP) is 5.59. The van der Waals surface area contributed by atoms with Crippen molar-refractivity contribution in [2.24, 2.45) is 0 Å². The van der Waals surface area contributed by atoms with Crippen molar-refractivity contribution in [3.05, 3.63) is 0 Å². The highest BCUT2D eigenvalue weighted by molar-refractivity contribution is 14.1. The molecule has 3 heterocycles. The van der Waals surface area contributed by atoms with Gasteiger partial charge in [0.25, 0.3) is 0 Å². The average Bonchev–Trinajstić information content (AvgIpc) is 2.57. The van der Waals surface area contributed by atoms with Crippen LogP contribution >= 0.6 is 22.6 Å². The Balaban J connectivity index is 1.40. The summed E-state index contributed by atoms with van der Waals surface area (Å²) in [6, 6.07) is 0. The Morgan fingerprint density at radius 3 is 1.74 bits per heavy atom. The molecule has 23 heavy (non-hydrogen) atoms. The zero-order valence-electron chi connectivity index (χ0n) is 15.6. The van der Waals surface area contributed by atoms with Crippen LogP contribution in [0, 0.1) is 0 Å². The van der Waals surface area contributed by atoms with Crippen LogP contribution in [0.5, 0.6) is 0 Å². The fourth-order valence-electron chi connectivity index (χ4n) is 4.39. The van der Waals surface area contributed by atoms with Gasteiger partial charge in [0.2, 0.25) is 0 Å². The lowest BCUT2D eigenvalue weighted by Crippen LogP contribution is -2.70. The van der Waals surface area contributed by atoms with Crippen LogP contribution in [0.25, 0.3) is 0 Å². The summed E-state index contributed by atoms with van der Waals surface area (Å²) in [6.45, 7) is 10.7. The standard InChI is InChI=1S/C20H40IN2/c1-2-3-4-5-6-7-8-9-10-11-12-13-16-23-17-14-22(15-18-23)19-20(23)21/h20H,2-19H2,1H3/q+1. The summed E-state index contributed by atoms with van der Waals surface area (Å²) in [5.41, 5.74) is 0. The zero-order valence-corrected chi connectivity index (χ0v) is 17.7. The van der Waals surface area contributed by atoms with E-state index in [1.165, 1.54) is 121 Å². The van der Waals surface area contributed by atoms with Gasteiger partial charge in [0.05, 0.1) is 26.2 Å². The van der Waals surface area contributed by atoms with Crippen LogP contribution < -0.4 is 0 Å². The number of alkyl halides is 1. The van der Waals surface area contributed by atoms with E-state index in [1.807, 2.05) is 0 Å². The summed E-state index contributed by atoms with van der Waals surface area (Å²) in [5.74, 6) is 0. The smallest absolute Gasteiger partial charge is 0.152 e. The van der Waals surface area contributed by atoms with Crippen LogP contribution in [-0.4, -0.2) is 52.7 Å². The van der Waals surface area contributed by atoms with E-state index in [2.05, 4.69) is 34.4 Å². The number of piperazine rings is 3. The summed E-state index contributed by atoms with van der Waals surface area (Å²) in [5, 5.41) is 0. The largest absolute Gasteiger partial charge is 0.310 e. The summed E-state index contributed by atoms with van der Waals surface area (Å²) >= 11 is 2.73. The molecule has 0 aliphatic carbocycles. The molecule has 2 bridgehead atoms. The fraction of sp³-hybridized carbons (Fsp3) is 1.00. The Kier molecular flexibility index (Phi) is 9.81. The molecule has 0 N–H and O–H groups in total. The molecule has 0 spiro atoms. The molecule has 3 rings (SSSR count). The molecule has 3 aliphatic heterocycles. The van der Waals surface area contributed by atoms with E-state index in [1.54, 1.807) is 0 Å². The predicted molar refractivity (Wildman–Crippen MR) is 110 cm³/mol. The molecule has 0 amide bonds. The van der Waals surface area contributed by atoms with Crippen LogP contribution in [0.1, 0.15) is 84.0 Å². The summed E-state index contributed by atoms with van der Waals surface area (Å²) < 4.78 is 2.30. The minimum Gasteiger partial charge on any atom is -0.310 e. The summed E-state index contributed by atoms with van der Waals surface area (Å²) in [6.07, 6.45) is 17.6. The molecule has 1 unspecified atom stereocenters. The molecule has 3 fully saturated rings. The van der Waals surface area contributed by atoms with Gasteiger partial charge in [-0.1, -0.05) is 71.1 Å². The second kappa shape index (κ2) is 11.3. The van der Waals surface area contributed by atoms with Crippen LogP contribution in [0.4, 0.5) is 0 Å². The first-order chi connectivity index (χ1) is 11.3. The van der Waals surface area contributed by atoms with Gasteiger partial charge in [-0.2, -0.15) is 0 Å². The van der Waals surface area contributed by atoms with E-state index < -0.39 is 0 Å². The maximum atomic E-state index is 2.73.